The quantitative estimate of drug-likeness (QED) is 0.321. The number of hydrogen-bond acceptors (Lipinski definition) is 6. The highest BCUT2D eigenvalue weighted by Gasteiger charge is 2.27. The van der Waals surface area contributed by atoms with Crippen molar-refractivity contribution in [3.8, 4) is 16.9 Å². The molecule has 1 aliphatic rings. The van der Waals surface area contributed by atoms with Crippen molar-refractivity contribution in [2.45, 2.75) is 38.4 Å². The van der Waals surface area contributed by atoms with E-state index in [1.165, 1.54) is 13.2 Å². The number of fused-ring (bicyclic) bond motifs is 1. The Labute approximate surface area is 215 Å². The second-order valence-corrected chi connectivity index (χ2v) is 9.01. The molecule has 4 rings (SSSR count). The molecule has 0 saturated carbocycles. The monoisotopic (exact) mass is 512 g/mol. The number of ether oxygens (including phenoxy) is 2. The summed E-state index contributed by atoms with van der Waals surface area (Å²) in [6, 6.07) is 15.7. The summed E-state index contributed by atoms with van der Waals surface area (Å²) in [5.74, 6) is -0.155. The summed E-state index contributed by atoms with van der Waals surface area (Å²) in [6.45, 7) is 2.21. The first kappa shape index (κ1) is 25.9. The summed E-state index contributed by atoms with van der Waals surface area (Å²) in [5.41, 5.74) is 5.27. The van der Waals surface area contributed by atoms with Gasteiger partial charge in [0.15, 0.2) is 0 Å². The van der Waals surface area contributed by atoms with Gasteiger partial charge in [0.25, 0.3) is 0 Å². The topological polar surface area (TPSA) is 79.8 Å². The van der Waals surface area contributed by atoms with Gasteiger partial charge in [-0.15, -0.1) is 0 Å². The van der Waals surface area contributed by atoms with Crippen molar-refractivity contribution in [1.29, 1.82) is 0 Å². The fourth-order valence-corrected chi connectivity index (χ4v) is 4.90. The van der Waals surface area contributed by atoms with Gasteiger partial charge in [0.2, 0.25) is 0 Å². The number of halogens is 2. The highest BCUT2D eigenvalue weighted by atomic mass is 35.5. The highest BCUT2D eigenvalue weighted by Crippen LogP contribution is 2.42. The van der Waals surface area contributed by atoms with E-state index in [2.05, 4.69) is 16.7 Å². The van der Waals surface area contributed by atoms with Crippen LogP contribution in [0.25, 0.3) is 11.1 Å². The van der Waals surface area contributed by atoms with Gasteiger partial charge < -0.3 is 19.9 Å². The first-order valence-corrected chi connectivity index (χ1v) is 12.3. The lowest BCUT2D eigenvalue weighted by molar-refractivity contribution is -0.144. The summed E-state index contributed by atoms with van der Waals surface area (Å²) in [6.07, 6.45) is 1.67. The summed E-state index contributed by atoms with van der Waals surface area (Å²) in [7, 11) is 1.27. The van der Waals surface area contributed by atoms with Crippen LogP contribution >= 0.6 is 11.6 Å². The van der Waals surface area contributed by atoms with Crippen molar-refractivity contribution in [1.82, 2.24) is 5.32 Å². The number of methoxy groups -OCH3 is 1. The Bertz CT molecular complexity index is 1240. The number of benzene rings is 3. The Morgan fingerprint density at radius 1 is 1.19 bits per heavy atom. The third-order valence-electron chi connectivity index (χ3n) is 6.42. The number of aliphatic hydroxyl groups excluding tert-OH is 1. The predicted octanol–water partition coefficient (Wildman–Crippen LogP) is 5.27. The second kappa shape index (κ2) is 11.7. The van der Waals surface area contributed by atoms with Crippen LogP contribution in [0.1, 0.15) is 36.1 Å². The molecule has 0 radical (unpaired) electrons. The number of esters is 1. The summed E-state index contributed by atoms with van der Waals surface area (Å²) < 4.78 is 25.1. The fourth-order valence-electron chi connectivity index (χ4n) is 4.65. The van der Waals surface area contributed by atoms with Crippen molar-refractivity contribution in [2.75, 3.05) is 25.6 Å². The van der Waals surface area contributed by atoms with E-state index in [1.54, 1.807) is 12.1 Å². The molecule has 36 heavy (non-hydrogen) atoms. The van der Waals surface area contributed by atoms with E-state index in [9.17, 15) is 14.3 Å². The van der Waals surface area contributed by atoms with Crippen LogP contribution in [0.15, 0.2) is 54.6 Å². The third kappa shape index (κ3) is 5.48. The van der Waals surface area contributed by atoms with Crippen LogP contribution in [0.4, 0.5) is 10.1 Å². The summed E-state index contributed by atoms with van der Waals surface area (Å²) >= 11 is 6.66. The fraction of sp³-hybridized carbons (Fsp3) is 0.321. The molecule has 0 heterocycles. The molecule has 8 heteroatoms. The molecule has 3 aromatic carbocycles. The summed E-state index contributed by atoms with van der Waals surface area (Å²) in [5, 5.41) is 16.5. The number of nitrogens with one attached hydrogen (secondary N) is 2. The Morgan fingerprint density at radius 3 is 2.69 bits per heavy atom. The number of anilines is 1. The zero-order chi connectivity index (χ0) is 25.7. The molecule has 0 amide bonds. The minimum atomic E-state index is -0.848. The average molecular weight is 513 g/mol. The van der Waals surface area contributed by atoms with Gasteiger partial charge in [-0.1, -0.05) is 48.0 Å². The molecule has 190 valence electrons. The van der Waals surface area contributed by atoms with E-state index < -0.39 is 12.0 Å². The van der Waals surface area contributed by atoms with Gasteiger partial charge in [-0.05, 0) is 48.6 Å². The van der Waals surface area contributed by atoms with Gasteiger partial charge in [-0.2, -0.15) is 0 Å². The van der Waals surface area contributed by atoms with Crippen molar-refractivity contribution in [2.24, 2.45) is 0 Å². The molecule has 0 aromatic heterocycles. The van der Waals surface area contributed by atoms with Crippen LogP contribution in [-0.4, -0.2) is 37.4 Å². The van der Waals surface area contributed by atoms with E-state index in [4.69, 9.17) is 21.1 Å². The van der Waals surface area contributed by atoms with Crippen LogP contribution < -0.4 is 15.4 Å². The zero-order valence-corrected chi connectivity index (χ0v) is 21.1. The lowest BCUT2D eigenvalue weighted by Crippen LogP contribution is -2.40. The van der Waals surface area contributed by atoms with Gasteiger partial charge in [0.05, 0.1) is 37.1 Å². The van der Waals surface area contributed by atoms with Crippen molar-refractivity contribution in [3.05, 3.63) is 82.1 Å². The lowest BCUT2D eigenvalue weighted by Gasteiger charge is -2.21. The smallest absolute Gasteiger partial charge is 0.325 e. The number of carbonyl (C=O) groups excluding carboxylic acids is 1. The highest BCUT2D eigenvalue weighted by molar-refractivity contribution is 6.33. The molecule has 6 nitrogen and oxygen atoms in total. The molecule has 1 aliphatic carbocycles. The van der Waals surface area contributed by atoms with Gasteiger partial charge in [0, 0.05) is 23.7 Å². The molecule has 2 atom stereocenters. The Morgan fingerprint density at radius 2 is 1.97 bits per heavy atom. The lowest BCUT2D eigenvalue weighted by atomic mass is 9.96. The normalized spacial score (nSPS) is 15.3. The predicted molar refractivity (Wildman–Crippen MR) is 139 cm³/mol. The molecule has 0 spiro atoms. The number of aliphatic hydroxyl groups is 1. The number of carbonyl (C=O) groups is 1. The first-order valence-electron chi connectivity index (χ1n) is 12.0. The molecule has 0 fully saturated rings. The molecule has 0 aliphatic heterocycles. The minimum absolute atomic E-state index is 0.0146. The first-order chi connectivity index (χ1) is 17.5. The van der Waals surface area contributed by atoms with Crippen molar-refractivity contribution < 1.29 is 23.8 Å². The summed E-state index contributed by atoms with van der Waals surface area (Å²) in [4.78, 5) is 11.8. The van der Waals surface area contributed by atoms with Gasteiger partial charge in [0.1, 0.15) is 17.6 Å². The minimum Gasteiger partial charge on any atom is -0.493 e. The molecule has 3 N–H and O–H groups in total. The average Bonchev–Trinajstić information content (AvgIpc) is 3.30. The largest absolute Gasteiger partial charge is 0.493 e. The molecule has 3 aromatic rings. The SMILES string of the molecule is CCOc1cc(NC2CCc3c(-c4ccccc4F)cccc32)c(Cl)cc1CN[C@@H](CO)C(=O)OC. The van der Waals surface area contributed by atoms with Crippen LogP contribution in [-0.2, 0) is 22.5 Å². The standard InChI is InChI=1S/C28H30ClFN2O4/c1-3-36-27-14-25(22(29)13-17(27)15-31-26(16-33)28(34)35-2)32-24-12-11-19-18(8-6-9-21(19)24)20-7-4-5-10-23(20)30/h4-10,13-14,24,26,31-33H,3,11-12,15-16H2,1-2H3/t24?,26-/m0/s1. The molecule has 0 saturated heterocycles. The number of rotatable bonds is 10. The Kier molecular flexibility index (Phi) is 8.46. The second-order valence-electron chi connectivity index (χ2n) is 8.60. The van der Waals surface area contributed by atoms with E-state index in [1.807, 2.05) is 37.3 Å². The van der Waals surface area contributed by atoms with E-state index >= 15 is 0 Å². The van der Waals surface area contributed by atoms with Crippen LogP contribution in [0, 0.1) is 5.82 Å². The zero-order valence-electron chi connectivity index (χ0n) is 20.3. The van der Waals surface area contributed by atoms with E-state index in [0.717, 1.165) is 40.8 Å². The Hall–Kier alpha value is -3.13. The number of hydrogen-bond donors (Lipinski definition) is 3. The van der Waals surface area contributed by atoms with Gasteiger partial charge in [-0.3, -0.25) is 10.1 Å². The maximum Gasteiger partial charge on any atom is 0.325 e. The van der Waals surface area contributed by atoms with Gasteiger partial charge >= 0.3 is 5.97 Å². The third-order valence-corrected chi connectivity index (χ3v) is 6.73. The van der Waals surface area contributed by atoms with Crippen LogP contribution in [0.5, 0.6) is 5.75 Å². The molecular weight excluding hydrogens is 483 g/mol. The Balaban J connectivity index is 1.58. The van der Waals surface area contributed by atoms with Crippen LogP contribution in [0.3, 0.4) is 0 Å². The van der Waals surface area contributed by atoms with Gasteiger partial charge in [-0.25, -0.2) is 4.39 Å². The molecule has 1 unspecified atom stereocenters. The molecule has 0 bridgehead atoms. The van der Waals surface area contributed by atoms with Crippen LogP contribution in [0.2, 0.25) is 5.02 Å². The van der Waals surface area contributed by atoms with E-state index in [-0.39, 0.29) is 25.0 Å². The van der Waals surface area contributed by atoms with Crippen molar-refractivity contribution in [3.63, 3.8) is 0 Å². The van der Waals surface area contributed by atoms with Crippen molar-refractivity contribution >= 4 is 23.3 Å². The van der Waals surface area contributed by atoms with E-state index in [0.29, 0.717) is 22.9 Å². The maximum atomic E-state index is 14.5. The maximum absolute atomic E-state index is 14.5. The molecular formula is C28H30ClFN2O4.